The predicted molar refractivity (Wildman–Crippen MR) is 82.9 cm³/mol. The lowest BCUT2D eigenvalue weighted by atomic mass is 10.0. The lowest BCUT2D eigenvalue weighted by Crippen LogP contribution is -2.29. The number of nitrogens with one attached hydrogen (secondary N) is 3. The molecule has 0 spiro atoms. The molecule has 1 aromatic carbocycles. The van der Waals surface area contributed by atoms with Gasteiger partial charge in [-0.3, -0.25) is 24.8 Å². The molecule has 0 saturated carbocycles. The van der Waals surface area contributed by atoms with Crippen molar-refractivity contribution < 1.29 is 4.92 Å². The summed E-state index contributed by atoms with van der Waals surface area (Å²) in [6, 6.07) is 1.21. The highest BCUT2D eigenvalue weighted by Gasteiger charge is 2.22. The van der Waals surface area contributed by atoms with E-state index in [-0.39, 0.29) is 16.7 Å². The molecule has 112 valence electrons. The highest BCUT2D eigenvalue weighted by atomic mass is 32.1. The van der Waals surface area contributed by atoms with E-state index in [1.807, 2.05) is 0 Å². The van der Waals surface area contributed by atoms with Crippen molar-refractivity contribution >= 4 is 40.3 Å². The molecule has 0 aliphatic rings. The van der Waals surface area contributed by atoms with Gasteiger partial charge in [-0.25, -0.2) is 0 Å². The van der Waals surface area contributed by atoms with Gasteiger partial charge in [0.2, 0.25) is 0 Å². The van der Waals surface area contributed by atoms with Gasteiger partial charge in [-0.2, -0.15) is 5.10 Å². The molecule has 11 heteroatoms. The van der Waals surface area contributed by atoms with E-state index < -0.39 is 16.0 Å². The minimum Gasteiger partial charge on any atom is -0.316 e. The van der Waals surface area contributed by atoms with Gasteiger partial charge in [0.15, 0.2) is 3.95 Å². The smallest absolute Gasteiger partial charge is 0.314 e. The zero-order chi connectivity index (χ0) is 16.0. The molecule has 9 nitrogen and oxygen atoms in total. The van der Waals surface area contributed by atoms with Crippen LogP contribution in [0.25, 0.3) is 21.6 Å². The standard InChI is InChI=1S/C11H7N5O4S2/c1-3-5(16(19)20)2-4-7(13-9(18)8(17)12-4)6(3)10-14-15-11(21)22-10/h2H,1H3,(H,12,17)(H,13,18)(H,15,21). The SMILES string of the molecule is Cc1c([N+](=O)[O-])cc2[nH]c(=O)c(=O)[nH]c2c1-c1n[nH]c(=S)s1. The molecule has 3 N–H and O–H groups in total. The van der Waals surface area contributed by atoms with Crippen LogP contribution in [0.4, 0.5) is 5.69 Å². The third kappa shape index (κ3) is 2.16. The number of aromatic nitrogens is 4. The number of fused-ring (bicyclic) bond motifs is 1. The average molecular weight is 337 g/mol. The maximum absolute atomic E-state index is 11.6. The van der Waals surface area contributed by atoms with Crippen LogP contribution in [0.1, 0.15) is 5.56 Å². The quantitative estimate of drug-likeness (QED) is 0.281. The van der Waals surface area contributed by atoms with E-state index in [0.29, 0.717) is 20.1 Å². The molecule has 0 radical (unpaired) electrons. The van der Waals surface area contributed by atoms with Crippen LogP contribution in [-0.2, 0) is 0 Å². The number of nitrogens with zero attached hydrogens (tertiary/aromatic N) is 2. The molecule has 0 bridgehead atoms. The van der Waals surface area contributed by atoms with Crippen molar-refractivity contribution in [3.05, 3.63) is 46.4 Å². The summed E-state index contributed by atoms with van der Waals surface area (Å²) in [6.07, 6.45) is 0. The van der Waals surface area contributed by atoms with E-state index in [1.54, 1.807) is 6.92 Å². The number of benzene rings is 1. The van der Waals surface area contributed by atoms with Gasteiger partial charge in [-0.1, -0.05) is 11.3 Å². The van der Waals surface area contributed by atoms with Gasteiger partial charge in [0.1, 0.15) is 5.01 Å². The van der Waals surface area contributed by atoms with Gasteiger partial charge in [0.25, 0.3) is 5.69 Å². The van der Waals surface area contributed by atoms with Crippen LogP contribution in [0.15, 0.2) is 15.7 Å². The minimum atomic E-state index is -0.883. The van der Waals surface area contributed by atoms with Crippen molar-refractivity contribution in [3.63, 3.8) is 0 Å². The Balaban J connectivity index is 2.56. The Morgan fingerprint density at radius 2 is 2.00 bits per heavy atom. The van der Waals surface area contributed by atoms with Crippen LogP contribution in [0, 0.1) is 21.0 Å². The first kappa shape index (κ1) is 14.3. The molecule has 0 aliphatic carbocycles. The first-order valence-corrected chi connectivity index (χ1v) is 7.11. The third-order valence-electron chi connectivity index (χ3n) is 3.10. The Kier molecular flexibility index (Phi) is 3.22. The Labute approximate surface area is 129 Å². The van der Waals surface area contributed by atoms with Crippen molar-refractivity contribution in [2.24, 2.45) is 0 Å². The first-order valence-electron chi connectivity index (χ1n) is 5.88. The van der Waals surface area contributed by atoms with Gasteiger partial charge in [0, 0.05) is 17.2 Å². The molecule has 0 amide bonds. The van der Waals surface area contributed by atoms with Gasteiger partial charge in [-0.05, 0) is 19.1 Å². The molecule has 2 heterocycles. The maximum Gasteiger partial charge on any atom is 0.314 e. The number of rotatable bonds is 2. The van der Waals surface area contributed by atoms with Crippen LogP contribution < -0.4 is 11.1 Å². The summed E-state index contributed by atoms with van der Waals surface area (Å²) in [7, 11) is 0. The monoisotopic (exact) mass is 337 g/mol. The molecule has 0 unspecified atom stereocenters. The highest BCUT2D eigenvalue weighted by Crippen LogP contribution is 2.35. The largest absolute Gasteiger partial charge is 0.316 e. The fraction of sp³-hybridized carbons (Fsp3) is 0.0909. The fourth-order valence-corrected chi connectivity index (χ4v) is 3.14. The first-order chi connectivity index (χ1) is 10.4. The summed E-state index contributed by atoms with van der Waals surface area (Å²) in [5, 5.41) is 18.2. The van der Waals surface area contributed by atoms with E-state index in [1.165, 1.54) is 6.07 Å². The predicted octanol–water partition coefficient (Wildman–Crippen LogP) is 1.61. The van der Waals surface area contributed by atoms with E-state index in [0.717, 1.165) is 11.3 Å². The Bertz CT molecular complexity index is 1090. The van der Waals surface area contributed by atoms with E-state index in [4.69, 9.17) is 12.2 Å². The topological polar surface area (TPSA) is 138 Å². The van der Waals surface area contributed by atoms with Gasteiger partial charge in [0.05, 0.1) is 16.0 Å². The molecule has 2 aromatic heterocycles. The second-order valence-electron chi connectivity index (χ2n) is 4.40. The second kappa shape index (κ2) is 4.96. The van der Waals surface area contributed by atoms with E-state index in [2.05, 4.69) is 20.2 Å². The van der Waals surface area contributed by atoms with Gasteiger partial charge < -0.3 is 9.97 Å². The van der Waals surface area contributed by atoms with Crippen LogP contribution in [-0.4, -0.2) is 25.1 Å². The average Bonchev–Trinajstić information content (AvgIpc) is 2.86. The van der Waals surface area contributed by atoms with E-state index >= 15 is 0 Å². The lowest BCUT2D eigenvalue weighted by Gasteiger charge is -2.07. The minimum absolute atomic E-state index is 0.151. The number of nitro benzene ring substituents is 1. The molecule has 0 saturated heterocycles. The molecule has 0 atom stereocenters. The van der Waals surface area contributed by atoms with Gasteiger partial charge in [-0.15, -0.1) is 0 Å². The fourth-order valence-electron chi connectivity index (χ4n) is 2.14. The van der Waals surface area contributed by atoms with Crippen LogP contribution in [0.5, 0.6) is 0 Å². The molecular formula is C11H7N5O4S2. The van der Waals surface area contributed by atoms with Crippen molar-refractivity contribution in [2.45, 2.75) is 6.92 Å². The summed E-state index contributed by atoms with van der Waals surface area (Å²) in [5.74, 6) is 0. The normalized spacial score (nSPS) is 11.0. The Hall–Kier alpha value is -2.66. The van der Waals surface area contributed by atoms with Gasteiger partial charge >= 0.3 is 11.1 Å². The lowest BCUT2D eigenvalue weighted by molar-refractivity contribution is -0.385. The molecule has 3 aromatic rings. The summed E-state index contributed by atoms with van der Waals surface area (Å²) in [4.78, 5) is 38.4. The third-order valence-corrected chi connectivity index (χ3v) is 4.21. The zero-order valence-corrected chi connectivity index (χ0v) is 12.6. The molecule has 0 aliphatic heterocycles. The number of aromatic amines is 3. The summed E-state index contributed by atoms with van der Waals surface area (Å²) in [5.41, 5.74) is -0.824. The summed E-state index contributed by atoms with van der Waals surface area (Å²) >= 11 is 6.08. The summed E-state index contributed by atoms with van der Waals surface area (Å²) < 4.78 is 0.390. The van der Waals surface area contributed by atoms with Crippen LogP contribution in [0.2, 0.25) is 0 Å². The Morgan fingerprint density at radius 1 is 1.32 bits per heavy atom. The number of hydrogen-bond acceptors (Lipinski definition) is 7. The maximum atomic E-state index is 11.6. The van der Waals surface area contributed by atoms with Crippen LogP contribution >= 0.6 is 23.6 Å². The van der Waals surface area contributed by atoms with Crippen molar-refractivity contribution in [1.29, 1.82) is 0 Å². The number of hydrogen-bond donors (Lipinski definition) is 3. The zero-order valence-electron chi connectivity index (χ0n) is 10.9. The highest BCUT2D eigenvalue weighted by molar-refractivity contribution is 7.73. The van der Waals surface area contributed by atoms with Crippen molar-refractivity contribution in [1.82, 2.24) is 20.2 Å². The number of nitro groups is 1. The van der Waals surface area contributed by atoms with Crippen LogP contribution in [0.3, 0.4) is 0 Å². The summed E-state index contributed by atoms with van der Waals surface area (Å²) in [6.45, 7) is 1.54. The molecular weight excluding hydrogens is 330 g/mol. The Morgan fingerprint density at radius 3 is 2.59 bits per heavy atom. The van der Waals surface area contributed by atoms with E-state index in [9.17, 15) is 19.7 Å². The second-order valence-corrected chi connectivity index (χ2v) is 6.07. The molecule has 0 fully saturated rings. The van der Waals surface area contributed by atoms with Crippen molar-refractivity contribution in [3.8, 4) is 10.6 Å². The molecule has 22 heavy (non-hydrogen) atoms. The molecule has 3 rings (SSSR count). The number of H-pyrrole nitrogens is 3. The van der Waals surface area contributed by atoms with Crippen molar-refractivity contribution in [2.75, 3.05) is 0 Å².